The average molecular weight is 387 g/mol. The van der Waals surface area contributed by atoms with Gasteiger partial charge in [-0.25, -0.2) is 13.2 Å². The number of amides is 3. The fourth-order valence-electron chi connectivity index (χ4n) is 3.27. The van der Waals surface area contributed by atoms with Crippen LogP contribution in [0.15, 0.2) is 23.1 Å². The number of benzene rings is 1. The van der Waals surface area contributed by atoms with Crippen molar-refractivity contribution in [1.82, 2.24) is 10.6 Å². The summed E-state index contributed by atoms with van der Waals surface area (Å²) in [7, 11) is -2.00. The molecule has 0 heterocycles. The molecule has 2 rings (SSSR count). The first-order chi connectivity index (χ1) is 11.7. The minimum Gasteiger partial charge on any atom is -0.341 e. The van der Waals surface area contributed by atoms with Gasteiger partial charge in [-0.3, -0.25) is 10.1 Å². The molecule has 3 amide bonds. The third-order valence-corrected chi connectivity index (χ3v) is 6.16. The second-order valence-corrected chi connectivity index (χ2v) is 8.86. The summed E-state index contributed by atoms with van der Waals surface area (Å²) in [5, 5.41) is 4.76. The summed E-state index contributed by atoms with van der Waals surface area (Å²) in [5.41, 5.74) is 0.616. The van der Waals surface area contributed by atoms with Gasteiger partial charge in [0.05, 0.1) is 15.8 Å². The maximum Gasteiger partial charge on any atom is 0.321 e. The van der Waals surface area contributed by atoms with E-state index in [1.165, 1.54) is 19.2 Å². The molecule has 1 atom stereocenters. The van der Waals surface area contributed by atoms with E-state index in [9.17, 15) is 18.0 Å². The fraction of sp³-hybridized carbons (Fsp3) is 0.529. The van der Waals surface area contributed by atoms with Crippen molar-refractivity contribution < 1.29 is 18.0 Å². The van der Waals surface area contributed by atoms with Gasteiger partial charge in [0.25, 0.3) is 0 Å². The van der Waals surface area contributed by atoms with E-state index < -0.39 is 27.7 Å². The SMILES string of the molecule is CNC(=O)NC(=O)[C@H](CC1CCCC1)c1ccc(S(C)(=O)=O)c(Cl)c1. The van der Waals surface area contributed by atoms with E-state index in [-0.39, 0.29) is 9.92 Å². The molecule has 8 heteroatoms. The van der Waals surface area contributed by atoms with Crippen molar-refractivity contribution in [3.05, 3.63) is 28.8 Å². The minimum atomic E-state index is -3.44. The average Bonchev–Trinajstić information content (AvgIpc) is 3.04. The fourth-order valence-corrected chi connectivity index (χ4v) is 4.61. The van der Waals surface area contributed by atoms with E-state index >= 15 is 0 Å². The van der Waals surface area contributed by atoms with Gasteiger partial charge in [0.1, 0.15) is 0 Å². The zero-order valence-corrected chi connectivity index (χ0v) is 15.9. The summed E-state index contributed by atoms with van der Waals surface area (Å²) in [6.45, 7) is 0. The van der Waals surface area contributed by atoms with Crippen molar-refractivity contribution in [2.45, 2.75) is 42.9 Å². The van der Waals surface area contributed by atoms with E-state index in [4.69, 9.17) is 11.6 Å². The van der Waals surface area contributed by atoms with E-state index in [1.807, 2.05) is 0 Å². The van der Waals surface area contributed by atoms with Gasteiger partial charge in [0.2, 0.25) is 5.91 Å². The van der Waals surface area contributed by atoms with Crippen molar-refractivity contribution in [3.8, 4) is 0 Å². The molecular formula is C17H23ClN2O4S. The lowest BCUT2D eigenvalue weighted by molar-refractivity contribution is -0.121. The summed E-state index contributed by atoms with van der Waals surface area (Å²) in [6.07, 6.45) is 6.09. The Morgan fingerprint density at radius 1 is 1.28 bits per heavy atom. The van der Waals surface area contributed by atoms with Gasteiger partial charge in [-0.05, 0) is 30.0 Å². The van der Waals surface area contributed by atoms with Crippen molar-refractivity contribution >= 4 is 33.4 Å². The molecule has 1 aliphatic rings. The number of carbonyl (C=O) groups is 2. The number of urea groups is 1. The van der Waals surface area contributed by atoms with Crippen molar-refractivity contribution in [2.24, 2.45) is 5.92 Å². The molecular weight excluding hydrogens is 364 g/mol. The van der Waals surface area contributed by atoms with Crippen LogP contribution in [-0.2, 0) is 14.6 Å². The van der Waals surface area contributed by atoms with Crippen LogP contribution in [0.25, 0.3) is 0 Å². The van der Waals surface area contributed by atoms with Crippen LogP contribution < -0.4 is 10.6 Å². The lowest BCUT2D eigenvalue weighted by Crippen LogP contribution is -2.40. The minimum absolute atomic E-state index is 0.0317. The Morgan fingerprint density at radius 2 is 1.92 bits per heavy atom. The Hall–Kier alpha value is -1.60. The number of sulfone groups is 1. The Labute approximate surface area is 153 Å². The Morgan fingerprint density at radius 3 is 2.44 bits per heavy atom. The lowest BCUT2D eigenvalue weighted by atomic mass is 9.87. The molecule has 0 bridgehead atoms. The molecule has 1 aromatic rings. The predicted molar refractivity (Wildman–Crippen MR) is 96.5 cm³/mol. The number of rotatable bonds is 5. The molecule has 0 radical (unpaired) electrons. The van der Waals surface area contributed by atoms with Crippen LogP contribution in [0, 0.1) is 5.92 Å². The first-order valence-corrected chi connectivity index (χ1v) is 10.5. The van der Waals surface area contributed by atoms with Gasteiger partial charge in [-0.1, -0.05) is 43.4 Å². The Bertz CT molecular complexity index is 758. The van der Waals surface area contributed by atoms with Gasteiger partial charge >= 0.3 is 6.03 Å². The number of halogens is 1. The molecule has 1 aliphatic carbocycles. The van der Waals surface area contributed by atoms with Crippen LogP contribution in [0.5, 0.6) is 0 Å². The molecule has 0 spiro atoms. The smallest absolute Gasteiger partial charge is 0.321 e. The monoisotopic (exact) mass is 386 g/mol. The van der Waals surface area contributed by atoms with Crippen LogP contribution in [-0.4, -0.2) is 33.7 Å². The van der Waals surface area contributed by atoms with E-state index in [1.54, 1.807) is 6.07 Å². The van der Waals surface area contributed by atoms with Crippen LogP contribution in [0.3, 0.4) is 0 Å². The topological polar surface area (TPSA) is 92.3 Å². The van der Waals surface area contributed by atoms with Gasteiger partial charge in [0, 0.05) is 13.3 Å². The Balaban J connectivity index is 2.31. The highest BCUT2D eigenvalue weighted by Gasteiger charge is 2.28. The molecule has 138 valence electrons. The lowest BCUT2D eigenvalue weighted by Gasteiger charge is -2.21. The number of nitrogens with one attached hydrogen (secondary N) is 2. The molecule has 25 heavy (non-hydrogen) atoms. The van der Waals surface area contributed by atoms with Gasteiger partial charge in [-0.15, -0.1) is 0 Å². The maximum absolute atomic E-state index is 12.6. The highest BCUT2D eigenvalue weighted by atomic mass is 35.5. The third kappa shape index (κ3) is 5.19. The molecule has 2 N–H and O–H groups in total. The third-order valence-electron chi connectivity index (χ3n) is 4.58. The van der Waals surface area contributed by atoms with E-state index in [2.05, 4.69) is 10.6 Å². The predicted octanol–water partition coefficient (Wildman–Crippen LogP) is 2.86. The summed E-state index contributed by atoms with van der Waals surface area (Å²) < 4.78 is 23.4. The Kier molecular flexibility index (Phi) is 6.46. The summed E-state index contributed by atoms with van der Waals surface area (Å²) in [5.74, 6) is -0.547. The number of carbonyl (C=O) groups excluding carboxylic acids is 2. The quantitative estimate of drug-likeness (QED) is 0.813. The van der Waals surface area contributed by atoms with Crippen LogP contribution in [0.1, 0.15) is 43.6 Å². The molecule has 0 aliphatic heterocycles. The first-order valence-electron chi connectivity index (χ1n) is 8.24. The molecule has 0 saturated heterocycles. The summed E-state index contributed by atoms with van der Waals surface area (Å²) >= 11 is 6.12. The van der Waals surface area contributed by atoms with E-state index in [0.29, 0.717) is 17.9 Å². The second-order valence-electron chi connectivity index (χ2n) is 6.47. The zero-order valence-electron chi connectivity index (χ0n) is 14.3. The zero-order chi connectivity index (χ0) is 18.6. The standard InChI is InChI=1S/C17H23ClN2O4S/c1-19-17(22)20-16(21)13(9-11-5-3-4-6-11)12-7-8-15(14(18)10-12)25(2,23)24/h7-8,10-11,13H,3-6,9H2,1-2H3,(H2,19,20,21,22)/t13-/m1/s1. The molecule has 0 aromatic heterocycles. The molecule has 1 fully saturated rings. The number of imide groups is 1. The van der Waals surface area contributed by atoms with Crippen LogP contribution in [0.4, 0.5) is 4.79 Å². The largest absolute Gasteiger partial charge is 0.341 e. The summed E-state index contributed by atoms with van der Waals surface area (Å²) in [4.78, 5) is 24.1. The van der Waals surface area contributed by atoms with Gasteiger partial charge < -0.3 is 5.32 Å². The summed E-state index contributed by atoms with van der Waals surface area (Å²) in [6, 6.07) is 3.97. The van der Waals surface area contributed by atoms with E-state index in [0.717, 1.165) is 31.9 Å². The van der Waals surface area contributed by atoms with Crippen molar-refractivity contribution in [3.63, 3.8) is 0 Å². The van der Waals surface area contributed by atoms with Crippen LogP contribution >= 0.6 is 11.6 Å². The van der Waals surface area contributed by atoms with Crippen LogP contribution in [0.2, 0.25) is 5.02 Å². The van der Waals surface area contributed by atoms with Crippen molar-refractivity contribution in [2.75, 3.05) is 13.3 Å². The molecule has 1 aromatic carbocycles. The highest BCUT2D eigenvalue weighted by Crippen LogP contribution is 2.36. The molecule has 0 unspecified atom stereocenters. The number of hydrogen-bond donors (Lipinski definition) is 2. The second kappa shape index (κ2) is 8.19. The number of hydrogen-bond acceptors (Lipinski definition) is 4. The van der Waals surface area contributed by atoms with Crippen molar-refractivity contribution in [1.29, 1.82) is 0 Å². The normalized spacial score (nSPS) is 16.4. The maximum atomic E-state index is 12.6. The highest BCUT2D eigenvalue weighted by molar-refractivity contribution is 7.90. The molecule has 6 nitrogen and oxygen atoms in total. The first kappa shape index (κ1) is 19.7. The molecule has 1 saturated carbocycles. The van der Waals surface area contributed by atoms with Gasteiger partial charge in [-0.2, -0.15) is 0 Å². The van der Waals surface area contributed by atoms with Gasteiger partial charge in [0.15, 0.2) is 9.84 Å².